The Hall–Kier alpha value is -2.29. The molecule has 0 radical (unpaired) electrons. The van der Waals surface area contributed by atoms with Gasteiger partial charge in [-0.25, -0.2) is 12.8 Å². The lowest BCUT2D eigenvalue weighted by Gasteiger charge is -2.30. The molecule has 2 aromatic carbocycles. The normalized spacial score (nSPS) is 16.0. The number of piperidine rings is 1. The molecule has 2 aromatic rings. The SMILES string of the molecule is Cc1ccc(S(=O)(=O)N(CC(=O)NC2CCN(C)CC2)Cc2ccccc2F)cc1. The van der Waals surface area contributed by atoms with Gasteiger partial charge >= 0.3 is 0 Å². The summed E-state index contributed by atoms with van der Waals surface area (Å²) < 4.78 is 41.7. The van der Waals surface area contributed by atoms with E-state index in [4.69, 9.17) is 0 Å². The van der Waals surface area contributed by atoms with E-state index in [-0.39, 0.29) is 35.5 Å². The number of hydrogen-bond acceptors (Lipinski definition) is 4. The number of halogens is 1. The lowest BCUT2D eigenvalue weighted by atomic mass is 10.1. The molecule has 0 aromatic heterocycles. The van der Waals surface area contributed by atoms with Crippen LogP contribution in [0.1, 0.15) is 24.0 Å². The van der Waals surface area contributed by atoms with Crippen LogP contribution in [-0.2, 0) is 21.4 Å². The molecule has 1 heterocycles. The van der Waals surface area contributed by atoms with Gasteiger partial charge in [0.1, 0.15) is 5.82 Å². The number of amides is 1. The second-order valence-electron chi connectivity index (χ2n) is 7.82. The summed E-state index contributed by atoms with van der Waals surface area (Å²) in [5.41, 5.74) is 1.15. The van der Waals surface area contributed by atoms with Crippen molar-refractivity contribution in [3.63, 3.8) is 0 Å². The van der Waals surface area contributed by atoms with E-state index in [1.807, 2.05) is 14.0 Å². The van der Waals surface area contributed by atoms with E-state index in [0.29, 0.717) is 0 Å². The van der Waals surface area contributed by atoms with Gasteiger partial charge in [0.2, 0.25) is 15.9 Å². The molecule has 1 amide bonds. The Kier molecular flexibility index (Phi) is 7.23. The molecule has 1 aliphatic rings. The van der Waals surface area contributed by atoms with Crippen LogP contribution < -0.4 is 5.32 Å². The summed E-state index contributed by atoms with van der Waals surface area (Å²) in [4.78, 5) is 15.0. The zero-order valence-corrected chi connectivity index (χ0v) is 18.2. The number of nitrogens with one attached hydrogen (secondary N) is 1. The van der Waals surface area contributed by atoms with Crippen molar-refractivity contribution in [1.29, 1.82) is 0 Å². The highest BCUT2D eigenvalue weighted by atomic mass is 32.2. The van der Waals surface area contributed by atoms with Crippen molar-refractivity contribution in [3.8, 4) is 0 Å². The Morgan fingerprint density at radius 3 is 2.40 bits per heavy atom. The highest BCUT2D eigenvalue weighted by Gasteiger charge is 2.29. The Labute approximate surface area is 177 Å². The number of likely N-dealkylation sites (tertiary alicyclic amines) is 1. The maximum absolute atomic E-state index is 14.2. The molecule has 8 heteroatoms. The van der Waals surface area contributed by atoms with Crippen molar-refractivity contribution >= 4 is 15.9 Å². The molecule has 1 aliphatic heterocycles. The molecule has 1 N–H and O–H groups in total. The van der Waals surface area contributed by atoms with Gasteiger partial charge in [-0.3, -0.25) is 4.79 Å². The standard InChI is InChI=1S/C22H28FN3O3S/c1-17-7-9-20(10-8-17)30(28,29)26(15-18-5-3-4-6-21(18)23)16-22(27)24-19-11-13-25(2)14-12-19/h3-10,19H,11-16H2,1-2H3,(H,24,27). The molecule has 3 rings (SSSR count). The Balaban J connectivity index is 1.81. The third-order valence-electron chi connectivity index (χ3n) is 5.37. The molecule has 162 valence electrons. The molecule has 0 aliphatic carbocycles. The predicted octanol–water partition coefficient (Wildman–Crippen LogP) is 2.54. The Morgan fingerprint density at radius 2 is 1.77 bits per heavy atom. The lowest BCUT2D eigenvalue weighted by molar-refractivity contribution is -0.122. The Bertz CT molecular complexity index is 971. The van der Waals surface area contributed by atoms with E-state index < -0.39 is 15.8 Å². The van der Waals surface area contributed by atoms with Gasteiger partial charge in [-0.15, -0.1) is 0 Å². The second kappa shape index (κ2) is 9.68. The van der Waals surface area contributed by atoms with Crippen molar-refractivity contribution in [3.05, 3.63) is 65.5 Å². The molecule has 0 bridgehead atoms. The van der Waals surface area contributed by atoms with Gasteiger partial charge in [0.05, 0.1) is 11.4 Å². The summed E-state index contributed by atoms with van der Waals surface area (Å²) in [6.45, 7) is 3.04. The quantitative estimate of drug-likeness (QED) is 0.729. The number of benzene rings is 2. The van der Waals surface area contributed by atoms with Crippen molar-refractivity contribution < 1.29 is 17.6 Å². The first kappa shape index (κ1) is 22.4. The topological polar surface area (TPSA) is 69.7 Å². The first-order valence-electron chi connectivity index (χ1n) is 10.0. The van der Waals surface area contributed by atoms with E-state index in [2.05, 4.69) is 10.2 Å². The van der Waals surface area contributed by atoms with E-state index >= 15 is 0 Å². The first-order chi connectivity index (χ1) is 14.3. The zero-order valence-electron chi connectivity index (χ0n) is 17.3. The molecule has 1 saturated heterocycles. The summed E-state index contributed by atoms with van der Waals surface area (Å²) in [6.07, 6.45) is 1.64. The maximum Gasteiger partial charge on any atom is 0.243 e. The molecule has 30 heavy (non-hydrogen) atoms. The summed E-state index contributed by atoms with van der Waals surface area (Å²) in [5, 5.41) is 2.94. The number of aryl methyl sites for hydroxylation is 1. The summed E-state index contributed by atoms with van der Waals surface area (Å²) in [6, 6.07) is 12.4. The summed E-state index contributed by atoms with van der Waals surface area (Å²) in [7, 11) is -1.95. The van der Waals surface area contributed by atoms with Crippen LogP contribution in [0, 0.1) is 12.7 Å². The minimum atomic E-state index is -3.98. The highest BCUT2D eigenvalue weighted by molar-refractivity contribution is 7.89. The van der Waals surface area contributed by atoms with E-state index in [1.54, 1.807) is 24.3 Å². The van der Waals surface area contributed by atoms with Crippen molar-refractivity contribution in [2.24, 2.45) is 0 Å². The van der Waals surface area contributed by atoms with Crippen molar-refractivity contribution in [1.82, 2.24) is 14.5 Å². The van der Waals surface area contributed by atoms with Gasteiger partial charge in [-0.1, -0.05) is 35.9 Å². The number of carbonyl (C=O) groups excluding carboxylic acids is 1. The van der Waals surface area contributed by atoms with Crippen molar-refractivity contribution in [2.45, 2.75) is 37.2 Å². The van der Waals surface area contributed by atoms with Crippen LogP contribution in [-0.4, -0.2) is 56.3 Å². The van der Waals surface area contributed by atoms with Gasteiger partial charge in [0, 0.05) is 18.2 Å². The lowest BCUT2D eigenvalue weighted by Crippen LogP contribution is -2.47. The monoisotopic (exact) mass is 433 g/mol. The number of hydrogen-bond donors (Lipinski definition) is 1. The van der Waals surface area contributed by atoms with E-state index in [9.17, 15) is 17.6 Å². The third-order valence-corrected chi connectivity index (χ3v) is 7.17. The third kappa shape index (κ3) is 5.65. The van der Waals surface area contributed by atoms with Gasteiger partial charge in [-0.2, -0.15) is 4.31 Å². The van der Waals surface area contributed by atoms with Crippen LogP contribution in [0.25, 0.3) is 0 Å². The minimum absolute atomic E-state index is 0.0195. The highest BCUT2D eigenvalue weighted by Crippen LogP contribution is 2.20. The average molecular weight is 434 g/mol. The molecular weight excluding hydrogens is 405 g/mol. The van der Waals surface area contributed by atoms with Gasteiger partial charge < -0.3 is 10.2 Å². The summed E-state index contributed by atoms with van der Waals surface area (Å²) in [5.74, 6) is -0.881. The molecule has 1 fully saturated rings. The van der Waals surface area contributed by atoms with Crippen LogP contribution in [0.15, 0.2) is 53.4 Å². The largest absolute Gasteiger partial charge is 0.352 e. The fourth-order valence-electron chi connectivity index (χ4n) is 3.49. The van der Waals surface area contributed by atoms with E-state index in [1.165, 1.54) is 24.3 Å². The smallest absolute Gasteiger partial charge is 0.243 e. The van der Waals surface area contributed by atoms with Crippen LogP contribution in [0.5, 0.6) is 0 Å². The molecule has 6 nitrogen and oxygen atoms in total. The fourth-order valence-corrected chi connectivity index (χ4v) is 4.86. The fraction of sp³-hybridized carbons (Fsp3) is 0.409. The predicted molar refractivity (Wildman–Crippen MR) is 114 cm³/mol. The van der Waals surface area contributed by atoms with Gasteiger partial charge in [-0.05, 0) is 58.1 Å². The van der Waals surface area contributed by atoms with Crippen molar-refractivity contribution in [2.75, 3.05) is 26.7 Å². The minimum Gasteiger partial charge on any atom is -0.352 e. The molecule has 0 atom stereocenters. The van der Waals surface area contributed by atoms with Gasteiger partial charge in [0.25, 0.3) is 0 Å². The molecular formula is C22H28FN3O3S. The van der Waals surface area contributed by atoms with E-state index in [0.717, 1.165) is 35.8 Å². The number of sulfonamides is 1. The molecule has 0 unspecified atom stereocenters. The number of carbonyl (C=O) groups is 1. The number of rotatable bonds is 7. The van der Waals surface area contributed by atoms with Crippen LogP contribution in [0.3, 0.4) is 0 Å². The summed E-state index contributed by atoms with van der Waals surface area (Å²) >= 11 is 0. The molecule has 0 spiro atoms. The average Bonchev–Trinajstić information content (AvgIpc) is 2.71. The van der Waals surface area contributed by atoms with Crippen LogP contribution >= 0.6 is 0 Å². The Morgan fingerprint density at radius 1 is 1.13 bits per heavy atom. The first-order valence-corrected chi connectivity index (χ1v) is 11.5. The van der Waals surface area contributed by atoms with Gasteiger partial charge in [0.15, 0.2) is 0 Å². The zero-order chi connectivity index (χ0) is 21.7. The number of nitrogens with zero attached hydrogens (tertiary/aromatic N) is 2. The molecule has 0 saturated carbocycles. The van der Waals surface area contributed by atoms with Crippen LogP contribution in [0.2, 0.25) is 0 Å². The maximum atomic E-state index is 14.2. The van der Waals surface area contributed by atoms with Crippen LogP contribution in [0.4, 0.5) is 4.39 Å². The second-order valence-corrected chi connectivity index (χ2v) is 9.76.